The van der Waals surface area contributed by atoms with Crippen LogP contribution in [0.1, 0.15) is 52.0 Å². The first kappa shape index (κ1) is 40.6. The number of methoxy groups -OCH3 is 1. The number of aromatic nitrogens is 1. The zero-order chi connectivity index (χ0) is 36.6. The van der Waals surface area contributed by atoms with Crippen molar-refractivity contribution in [3.8, 4) is 5.75 Å². The first-order valence-corrected chi connectivity index (χ1v) is 22.5. The molecule has 5 rings (SSSR count). The minimum Gasteiger partial charge on any atom is -0.748 e. The van der Waals surface area contributed by atoms with Crippen LogP contribution in [0, 0.1) is 0 Å². The van der Waals surface area contributed by atoms with E-state index in [-0.39, 0.29) is 18.6 Å². The molecule has 1 aliphatic heterocycles. The fraction of sp³-hybridized carbons (Fsp3) is 0.441. The van der Waals surface area contributed by atoms with Gasteiger partial charge >= 0.3 is 0 Å². The number of ether oxygens (including phenoxy) is 1. The van der Waals surface area contributed by atoms with E-state index in [0.717, 1.165) is 52.2 Å². The number of aryl methyl sites for hydroxylation is 1. The van der Waals surface area contributed by atoms with Crippen molar-refractivity contribution in [2.45, 2.75) is 58.4 Å². The molecule has 0 atom stereocenters. The molecule has 0 aliphatic carbocycles. The zero-order valence-electron chi connectivity index (χ0n) is 28.8. The topological polar surface area (TPSA) is 131 Å². The number of hydrogen-bond acceptors (Lipinski definition) is 11. The fourth-order valence-electron chi connectivity index (χ4n) is 5.62. The highest BCUT2D eigenvalue weighted by Crippen LogP contribution is 2.47. The molecule has 1 aliphatic rings. The van der Waals surface area contributed by atoms with Crippen molar-refractivity contribution in [2.75, 3.05) is 49.7 Å². The summed E-state index contributed by atoms with van der Waals surface area (Å²) in [6.45, 7) is 12.9. The maximum Gasteiger partial charge on any atom is 0.264 e. The Bertz CT molecular complexity index is 2070. The molecule has 0 amide bonds. The minimum absolute atomic E-state index is 0.179. The van der Waals surface area contributed by atoms with E-state index in [2.05, 4.69) is 42.4 Å². The normalized spacial score (nSPS) is 14.5. The van der Waals surface area contributed by atoms with E-state index >= 15 is 0 Å². The summed E-state index contributed by atoms with van der Waals surface area (Å²) in [6, 6.07) is 9.57. The number of benzene rings is 2. The van der Waals surface area contributed by atoms with Gasteiger partial charge in [-0.05, 0) is 73.8 Å². The SMILES string of the molecule is CCC(/C=C1\Sc2ccc(Cl)cc2N1CCCS(=O)(=O)O)=C\c1sc2cc(OC)c3ccsc3c2[n+]1CCCS(=O)(=O)[O-].CCN(CC)CC. The van der Waals surface area contributed by atoms with Crippen LogP contribution in [0.2, 0.25) is 5.02 Å². The molecular formula is C34H44ClN3O7S5. The molecule has 0 radical (unpaired) electrons. The third kappa shape index (κ3) is 10.7. The van der Waals surface area contributed by atoms with Gasteiger partial charge in [0.2, 0.25) is 5.52 Å². The van der Waals surface area contributed by atoms with Crippen LogP contribution in [0.25, 0.3) is 26.4 Å². The molecule has 4 aromatic rings. The lowest BCUT2D eigenvalue weighted by atomic mass is 10.2. The van der Waals surface area contributed by atoms with Gasteiger partial charge in [0, 0.05) is 46.2 Å². The number of thiazole rings is 1. The van der Waals surface area contributed by atoms with E-state index in [1.54, 1.807) is 41.5 Å². The van der Waals surface area contributed by atoms with E-state index in [0.29, 0.717) is 24.5 Å². The Kier molecular flexibility index (Phi) is 14.6. The number of thiophene rings is 1. The second-order valence-corrected chi connectivity index (χ2v) is 18.0. The van der Waals surface area contributed by atoms with Crippen LogP contribution in [0.5, 0.6) is 5.75 Å². The number of thioether (sulfide) groups is 1. The molecule has 0 bridgehead atoms. The van der Waals surface area contributed by atoms with E-state index in [1.807, 2.05) is 47.5 Å². The Balaban J connectivity index is 0.000000727. The molecular weight excluding hydrogens is 758 g/mol. The molecule has 274 valence electrons. The molecule has 0 saturated heterocycles. The molecule has 10 nitrogen and oxygen atoms in total. The van der Waals surface area contributed by atoms with Crippen LogP contribution in [0.4, 0.5) is 5.69 Å². The van der Waals surface area contributed by atoms with Gasteiger partial charge in [-0.1, -0.05) is 62.4 Å². The summed E-state index contributed by atoms with van der Waals surface area (Å²) in [5.41, 5.74) is 2.84. The molecule has 2 aromatic heterocycles. The first-order chi connectivity index (χ1) is 23.7. The van der Waals surface area contributed by atoms with Crippen LogP contribution in [0.3, 0.4) is 0 Å². The number of fused-ring (bicyclic) bond motifs is 4. The summed E-state index contributed by atoms with van der Waals surface area (Å²) in [5, 5.41) is 5.32. The van der Waals surface area contributed by atoms with Crippen LogP contribution in [0.15, 0.2) is 57.3 Å². The van der Waals surface area contributed by atoms with Crippen molar-refractivity contribution >= 4 is 98.3 Å². The Morgan fingerprint density at radius 2 is 1.78 bits per heavy atom. The van der Waals surface area contributed by atoms with Crippen molar-refractivity contribution in [3.05, 3.63) is 62.4 Å². The smallest absolute Gasteiger partial charge is 0.264 e. The van der Waals surface area contributed by atoms with E-state index < -0.39 is 26.0 Å². The highest BCUT2D eigenvalue weighted by atomic mass is 35.5. The number of hydrogen-bond donors (Lipinski definition) is 1. The predicted octanol–water partition coefficient (Wildman–Crippen LogP) is 7.87. The highest BCUT2D eigenvalue weighted by molar-refractivity contribution is 8.03. The summed E-state index contributed by atoms with van der Waals surface area (Å²) in [6.07, 6.45) is 5.22. The highest BCUT2D eigenvalue weighted by Gasteiger charge is 2.28. The average molecular weight is 803 g/mol. The molecule has 50 heavy (non-hydrogen) atoms. The third-order valence-electron chi connectivity index (χ3n) is 8.23. The lowest BCUT2D eigenvalue weighted by molar-refractivity contribution is -0.667. The van der Waals surface area contributed by atoms with Crippen molar-refractivity contribution in [3.63, 3.8) is 0 Å². The zero-order valence-corrected chi connectivity index (χ0v) is 33.7. The summed E-state index contributed by atoms with van der Waals surface area (Å²) in [7, 11) is -6.82. The third-order valence-corrected chi connectivity index (χ3v) is 13.2. The van der Waals surface area contributed by atoms with Gasteiger partial charge in [0.05, 0.1) is 33.7 Å². The van der Waals surface area contributed by atoms with Crippen molar-refractivity contribution in [1.82, 2.24) is 4.90 Å². The second kappa shape index (κ2) is 18.0. The average Bonchev–Trinajstić information content (AvgIpc) is 3.76. The van der Waals surface area contributed by atoms with E-state index in [9.17, 15) is 25.9 Å². The summed E-state index contributed by atoms with van der Waals surface area (Å²) in [4.78, 5) is 5.37. The quantitative estimate of drug-likeness (QED) is 0.0936. The standard InChI is InChI=1S/C28H29ClN2O7S5.C6H15N/c1-3-18(14-25-30(9-4-12-42(32,33)34)21-16-19(29)6-7-23(21)40-25)15-26-31(10-5-13-43(35,36)37)27-24(41-26)17-22(38-2)20-8-11-39-28(20)27;1-4-7(5-2)6-3/h6-8,11,14-17H,3-5,9-10,12-13H2,1-2H3,(H-,32,33,34,35,36,37);4-6H2,1-3H3. The number of nitrogens with zero attached hydrogens (tertiary/aromatic N) is 3. The Labute approximate surface area is 312 Å². The maximum absolute atomic E-state index is 11.4. The van der Waals surface area contributed by atoms with Gasteiger partial charge in [-0.25, -0.2) is 8.42 Å². The molecule has 0 fully saturated rings. The predicted molar refractivity (Wildman–Crippen MR) is 209 cm³/mol. The van der Waals surface area contributed by atoms with Gasteiger partial charge in [0.15, 0.2) is 6.54 Å². The molecule has 2 aromatic carbocycles. The van der Waals surface area contributed by atoms with Crippen molar-refractivity contribution < 1.29 is 35.2 Å². The molecule has 0 saturated carbocycles. The number of anilines is 1. The van der Waals surface area contributed by atoms with Gasteiger partial charge in [-0.3, -0.25) is 4.55 Å². The van der Waals surface area contributed by atoms with Crippen molar-refractivity contribution in [1.29, 1.82) is 0 Å². The van der Waals surface area contributed by atoms with Crippen LogP contribution >= 0.6 is 46.0 Å². The molecule has 1 N–H and O–H groups in total. The van der Waals surface area contributed by atoms with Crippen molar-refractivity contribution in [2.24, 2.45) is 0 Å². The molecule has 16 heteroatoms. The minimum atomic E-state index is -4.35. The Hall–Kier alpha value is -2.21. The Morgan fingerprint density at radius 1 is 1.06 bits per heavy atom. The largest absolute Gasteiger partial charge is 0.748 e. The van der Waals surface area contributed by atoms with E-state index in [1.165, 1.54) is 19.6 Å². The molecule has 0 spiro atoms. The van der Waals surface area contributed by atoms with Gasteiger partial charge in [0.1, 0.15) is 15.1 Å². The first-order valence-electron chi connectivity index (χ1n) is 16.4. The summed E-state index contributed by atoms with van der Waals surface area (Å²) < 4.78 is 76.0. The maximum atomic E-state index is 11.4. The molecule has 3 heterocycles. The fourth-order valence-corrected chi connectivity index (χ4v) is 10.1. The lowest BCUT2D eigenvalue weighted by Crippen LogP contribution is -2.36. The molecule has 0 unspecified atom stereocenters. The van der Waals surface area contributed by atoms with Gasteiger partial charge in [-0.2, -0.15) is 13.0 Å². The number of allylic oxidation sites excluding steroid dienone is 2. The van der Waals surface area contributed by atoms with E-state index in [4.69, 9.17) is 16.3 Å². The second-order valence-electron chi connectivity index (χ2n) is 11.5. The summed E-state index contributed by atoms with van der Waals surface area (Å²) in [5.74, 6) is -0.0489. The van der Waals surface area contributed by atoms with Gasteiger partial charge in [0.25, 0.3) is 15.1 Å². The summed E-state index contributed by atoms with van der Waals surface area (Å²) >= 11 is 11.0. The lowest BCUT2D eigenvalue weighted by Gasteiger charge is -2.20. The number of rotatable bonds is 15. The van der Waals surface area contributed by atoms with Crippen LogP contribution in [-0.2, 0) is 26.8 Å². The van der Waals surface area contributed by atoms with Crippen LogP contribution in [-0.4, -0.2) is 75.6 Å². The Morgan fingerprint density at radius 3 is 2.38 bits per heavy atom. The monoisotopic (exact) mass is 801 g/mol. The van der Waals surface area contributed by atoms with Gasteiger partial charge < -0.3 is 19.1 Å². The number of halogens is 1. The van der Waals surface area contributed by atoms with Crippen LogP contribution < -0.4 is 14.2 Å². The van der Waals surface area contributed by atoms with Gasteiger partial charge in [-0.15, -0.1) is 11.3 Å².